The number of hydrogen-bond acceptors (Lipinski definition) is 3. The Hall–Kier alpha value is -1.59. The van der Waals surface area contributed by atoms with E-state index < -0.39 is 6.23 Å². The number of hydrogen-bond donors (Lipinski definition) is 3. The summed E-state index contributed by atoms with van der Waals surface area (Å²) in [6, 6.07) is 9.45. The molecule has 0 bridgehead atoms. The van der Waals surface area contributed by atoms with Crippen LogP contribution in [0.4, 0.5) is 5.69 Å². The smallest absolute Gasteiger partial charge is 0.195 e. The van der Waals surface area contributed by atoms with E-state index in [1.807, 2.05) is 44.2 Å². The van der Waals surface area contributed by atoms with Gasteiger partial charge in [0, 0.05) is 5.69 Å². The Morgan fingerprint density at radius 2 is 2.06 bits per heavy atom. The first kappa shape index (κ1) is 13.5. The fourth-order valence-corrected chi connectivity index (χ4v) is 1.29. The molecule has 0 radical (unpaired) electrons. The SMILES string of the molecule is CC(C)OC(CO)N=C(N)Nc1ccccc1. The second kappa shape index (κ2) is 6.88. The van der Waals surface area contributed by atoms with Crippen LogP contribution in [-0.4, -0.2) is 30.0 Å². The molecule has 0 aliphatic heterocycles. The molecule has 1 aromatic rings. The number of benzene rings is 1. The average Bonchev–Trinajstić information content (AvgIpc) is 2.28. The van der Waals surface area contributed by atoms with E-state index in [1.165, 1.54) is 0 Å². The normalized spacial score (nSPS) is 13.8. The van der Waals surface area contributed by atoms with Crippen molar-refractivity contribution in [3.05, 3.63) is 30.3 Å². The molecule has 1 atom stereocenters. The lowest BCUT2D eigenvalue weighted by molar-refractivity contribution is -0.0175. The number of nitrogens with two attached hydrogens (primary N) is 1. The largest absolute Gasteiger partial charge is 0.392 e. The molecule has 0 aromatic heterocycles. The molecule has 0 fully saturated rings. The minimum absolute atomic E-state index is 0.0135. The maximum atomic E-state index is 9.07. The van der Waals surface area contributed by atoms with Crippen molar-refractivity contribution >= 4 is 11.6 Å². The lowest BCUT2D eigenvalue weighted by atomic mass is 10.3. The summed E-state index contributed by atoms with van der Waals surface area (Å²) in [6.45, 7) is 3.55. The molecule has 0 spiro atoms. The van der Waals surface area contributed by atoms with Crippen LogP contribution < -0.4 is 11.1 Å². The van der Waals surface area contributed by atoms with Gasteiger partial charge in [-0.2, -0.15) is 0 Å². The maximum Gasteiger partial charge on any atom is 0.195 e. The van der Waals surface area contributed by atoms with Gasteiger partial charge in [0.1, 0.15) is 0 Å². The van der Waals surface area contributed by atoms with E-state index in [-0.39, 0.29) is 18.7 Å². The molecule has 0 heterocycles. The summed E-state index contributed by atoms with van der Waals surface area (Å²) >= 11 is 0. The summed E-state index contributed by atoms with van der Waals surface area (Å²) in [7, 11) is 0. The van der Waals surface area contributed by atoms with Crippen LogP contribution in [0.3, 0.4) is 0 Å². The first-order valence-electron chi connectivity index (χ1n) is 5.53. The monoisotopic (exact) mass is 237 g/mol. The maximum absolute atomic E-state index is 9.07. The molecule has 0 amide bonds. The van der Waals surface area contributed by atoms with E-state index in [4.69, 9.17) is 15.6 Å². The van der Waals surface area contributed by atoms with Gasteiger partial charge >= 0.3 is 0 Å². The Balaban J connectivity index is 2.58. The van der Waals surface area contributed by atoms with Crippen LogP contribution in [-0.2, 0) is 4.74 Å². The van der Waals surface area contributed by atoms with Crippen molar-refractivity contribution < 1.29 is 9.84 Å². The Morgan fingerprint density at radius 3 is 2.59 bits per heavy atom. The average molecular weight is 237 g/mol. The zero-order chi connectivity index (χ0) is 12.7. The molecule has 0 saturated heterocycles. The topological polar surface area (TPSA) is 79.9 Å². The highest BCUT2D eigenvalue weighted by atomic mass is 16.5. The van der Waals surface area contributed by atoms with Crippen LogP contribution in [0.5, 0.6) is 0 Å². The molecular formula is C12H19N3O2. The lowest BCUT2D eigenvalue weighted by Crippen LogP contribution is -2.28. The van der Waals surface area contributed by atoms with E-state index in [0.717, 1.165) is 5.69 Å². The molecule has 0 saturated carbocycles. The number of para-hydroxylation sites is 1. The number of anilines is 1. The van der Waals surface area contributed by atoms with Gasteiger partial charge in [0.25, 0.3) is 0 Å². The van der Waals surface area contributed by atoms with E-state index in [2.05, 4.69) is 10.3 Å². The summed E-state index contributed by atoms with van der Waals surface area (Å²) in [5.41, 5.74) is 6.55. The van der Waals surface area contributed by atoms with Gasteiger partial charge in [-0.15, -0.1) is 0 Å². The first-order valence-corrected chi connectivity index (χ1v) is 5.53. The van der Waals surface area contributed by atoms with Crippen LogP contribution in [0.25, 0.3) is 0 Å². The number of nitrogens with one attached hydrogen (secondary N) is 1. The summed E-state index contributed by atoms with van der Waals surface area (Å²) < 4.78 is 5.35. The number of guanidine groups is 1. The molecule has 5 heteroatoms. The van der Waals surface area contributed by atoms with Crippen molar-refractivity contribution in [2.24, 2.45) is 10.7 Å². The highest BCUT2D eigenvalue weighted by Crippen LogP contribution is 2.05. The van der Waals surface area contributed by atoms with E-state index in [1.54, 1.807) is 0 Å². The van der Waals surface area contributed by atoms with Crippen molar-refractivity contribution in [3.63, 3.8) is 0 Å². The molecule has 0 aliphatic rings. The van der Waals surface area contributed by atoms with Crippen LogP contribution in [0, 0.1) is 0 Å². The zero-order valence-corrected chi connectivity index (χ0v) is 10.1. The van der Waals surface area contributed by atoms with Crippen molar-refractivity contribution in [2.45, 2.75) is 26.2 Å². The minimum atomic E-state index is -0.633. The molecule has 0 aliphatic carbocycles. The highest BCUT2D eigenvalue weighted by Gasteiger charge is 2.08. The van der Waals surface area contributed by atoms with Gasteiger partial charge in [-0.3, -0.25) is 0 Å². The Bertz CT molecular complexity index is 352. The number of ether oxygens (including phenoxy) is 1. The van der Waals surface area contributed by atoms with Crippen molar-refractivity contribution in [2.75, 3.05) is 11.9 Å². The molecule has 1 unspecified atom stereocenters. The van der Waals surface area contributed by atoms with Crippen LogP contribution >= 0.6 is 0 Å². The number of aliphatic hydroxyl groups is 1. The van der Waals surface area contributed by atoms with Gasteiger partial charge in [-0.1, -0.05) is 18.2 Å². The van der Waals surface area contributed by atoms with Crippen molar-refractivity contribution in [1.29, 1.82) is 0 Å². The quantitative estimate of drug-likeness (QED) is 0.530. The van der Waals surface area contributed by atoms with Gasteiger partial charge in [0.05, 0.1) is 12.7 Å². The minimum Gasteiger partial charge on any atom is -0.392 e. The fraction of sp³-hybridized carbons (Fsp3) is 0.417. The van der Waals surface area contributed by atoms with Gasteiger partial charge in [0.15, 0.2) is 12.2 Å². The molecule has 5 nitrogen and oxygen atoms in total. The molecule has 1 rings (SSSR count). The molecule has 1 aromatic carbocycles. The summed E-state index contributed by atoms with van der Waals surface area (Å²) in [4.78, 5) is 4.04. The van der Waals surface area contributed by atoms with E-state index in [0.29, 0.717) is 0 Å². The number of aliphatic imine (C=N–C) groups is 1. The fourth-order valence-electron chi connectivity index (χ4n) is 1.29. The van der Waals surface area contributed by atoms with Gasteiger partial charge in [-0.25, -0.2) is 4.99 Å². The third-order valence-corrected chi connectivity index (χ3v) is 1.91. The molecule has 94 valence electrons. The molecule has 4 N–H and O–H groups in total. The van der Waals surface area contributed by atoms with Crippen molar-refractivity contribution in [1.82, 2.24) is 0 Å². The predicted molar refractivity (Wildman–Crippen MR) is 68.8 cm³/mol. The summed E-state index contributed by atoms with van der Waals surface area (Å²) in [5, 5.41) is 12.0. The Labute approximate surface area is 101 Å². The summed E-state index contributed by atoms with van der Waals surface area (Å²) in [5.74, 6) is 0.218. The van der Waals surface area contributed by atoms with Gasteiger partial charge in [-0.05, 0) is 26.0 Å². The van der Waals surface area contributed by atoms with E-state index >= 15 is 0 Å². The second-order valence-corrected chi connectivity index (χ2v) is 3.83. The standard InChI is InChI=1S/C12H19N3O2/c1-9(2)17-11(8-16)15-12(13)14-10-6-4-3-5-7-10/h3-7,9,11,16H,8H2,1-2H3,(H3,13,14,15). The Kier molecular flexibility index (Phi) is 5.45. The van der Waals surface area contributed by atoms with E-state index in [9.17, 15) is 0 Å². The molecular weight excluding hydrogens is 218 g/mol. The lowest BCUT2D eigenvalue weighted by Gasteiger charge is -2.15. The molecule has 17 heavy (non-hydrogen) atoms. The van der Waals surface area contributed by atoms with Gasteiger partial charge in [0.2, 0.25) is 0 Å². The van der Waals surface area contributed by atoms with Gasteiger partial charge < -0.3 is 20.9 Å². The highest BCUT2D eigenvalue weighted by molar-refractivity contribution is 5.92. The van der Waals surface area contributed by atoms with Crippen LogP contribution in [0.15, 0.2) is 35.3 Å². The van der Waals surface area contributed by atoms with Crippen LogP contribution in [0.2, 0.25) is 0 Å². The number of nitrogens with zero attached hydrogens (tertiary/aromatic N) is 1. The predicted octanol–water partition coefficient (Wildman–Crippen LogP) is 1.16. The second-order valence-electron chi connectivity index (χ2n) is 3.83. The zero-order valence-electron chi connectivity index (χ0n) is 10.1. The summed E-state index contributed by atoms with van der Waals surface area (Å²) in [6.07, 6.45) is -0.647. The number of aliphatic hydroxyl groups excluding tert-OH is 1. The first-order chi connectivity index (χ1) is 8.11. The van der Waals surface area contributed by atoms with Crippen LogP contribution in [0.1, 0.15) is 13.8 Å². The van der Waals surface area contributed by atoms with Crippen molar-refractivity contribution in [3.8, 4) is 0 Å². The number of rotatable bonds is 5. The Morgan fingerprint density at radius 1 is 1.41 bits per heavy atom. The third-order valence-electron chi connectivity index (χ3n) is 1.91. The third kappa shape index (κ3) is 5.33.